The zero-order valence-corrected chi connectivity index (χ0v) is 8.42. The summed E-state index contributed by atoms with van der Waals surface area (Å²) < 4.78 is 0. The van der Waals surface area contributed by atoms with Crippen molar-refractivity contribution in [2.24, 2.45) is 5.92 Å². The molecule has 3 saturated heterocycles. The predicted molar refractivity (Wildman–Crippen MR) is 52.7 cm³/mol. The van der Waals surface area contributed by atoms with Crippen molar-refractivity contribution in [3.8, 4) is 0 Å². The molecule has 76 valence electrons. The van der Waals surface area contributed by atoms with Gasteiger partial charge in [-0.05, 0) is 38.4 Å². The molecule has 0 spiro atoms. The van der Waals surface area contributed by atoms with Gasteiger partial charge in [0.2, 0.25) is 0 Å². The smallest absolute Gasteiger partial charge is 0.0926 e. The van der Waals surface area contributed by atoms with Crippen molar-refractivity contribution >= 4 is 0 Å². The van der Waals surface area contributed by atoms with Crippen LogP contribution in [0.15, 0.2) is 0 Å². The highest BCUT2D eigenvalue weighted by molar-refractivity contribution is 4.99. The SMILES string of the molecule is CCNCC1(O)CN2CCC1CC2. The van der Waals surface area contributed by atoms with Gasteiger partial charge in [0.05, 0.1) is 5.60 Å². The summed E-state index contributed by atoms with van der Waals surface area (Å²) in [5.41, 5.74) is -0.438. The van der Waals surface area contributed by atoms with Crippen molar-refractivity contribution < 1.29 is 5.11 Å². The lowest BCUT2D eigenvalue weighted by Crippen LogP contribution is -2.62. The third-order valence-corrected chi connectivity index (χ3v) is 3.53. The molecule has 3 fully saturated rings. The summed E-state index contributed by atoms with van der Waals surface area (Å²) in [6, 6.07) is 0. The highest BCUT2D eigenvalue weighted by atomic mass is 16.3. The van der Waals surface area contributed by atoms with E-state index in [1.54, 1.807) is 0 Å². The van der Waals surface area contributed by atoms with Crippen LogP contribution in [0, 0.1) is 5.92 Å². The molecule has 13 heavy (non-hydrogen) atoms. The standard InChI is InChI=1S/C10H20N2O/c1-2-11-7-10(13)8-12-5-3-9(10)4-6-12/h9,11,13H,2-8H2,1H3. The van der Waals surface area contributed by atoms with E-state index >= 15 is 0 Å². The molecule has 3 heteroatoms. The lowest BCUT2D eigenvalue weighted by atomic mass is 9.75. The van der Waals surface area contributed by atoms with Gasteiger partial charge in [-0.15, -0.1) is 0 Å². The quantitative estimate of drug-likeness (QED) is 0.651. The predicted octanol–water partition coefficient (Wildman–Crippen LogP) is 0.0526. The van der Waals surface area contributed by atoms with Crippen LogP contribution in [0.4, 0.5) is 0 Å². The van der Waals surface area contributed by atoms with Gasteiger partial charge in [-0.1, -0.05) is 6.92 Å². The van der Waals surface area contributed by atoms with E-state index in [1.807, 2.05) is 0 Å². The Morgan fingerprint density at radius 2 is 2.15 bits per heavy atom. The first kappa shape index (κ1) is 9.44. The van der Waals surface area contributed by atoms with Crippen molar-refractivity contribution in [1.29, 1.82) is 0 Å². The van der Waals surface area contributed by atoms with Gasteiger partial charge in [-0.2, -0.15) is 0 Å². The van der Waals surface area contributed by atoms with Gasteiger partial charge in [-0.25, -0.2) is 0 Å². The molecule has 3 nitrogen and oxygen atoms in total. The molecule has 3 aliphatic heterocycles. The van der Waals surface area contributed by atoms with Crippen LogP contribution in [-0.2, 0) is 0 Å². The van der Waals surface area contributed by atoms with E-state index < -0.39 is 5.60 Å². The van der Waals surface area contributed by atoms with E-state index in [0.29, 0.717) is 5.92 Å². The van der Waals surface area contributed by atoms with E-state index in [9.17, 15) is 5.11 Å². The third-order valence-electron chi connectivity index (χ3n) is 3.53. The summed E-state index contributed by atoms with van der Waals surface area (Å²) in [5.74, 6) is 0.538. The van der Waals surface area contributed by atoms with Crippen molar-refractivity contribution in [2.75, 3.05) is 32.7 Å². The number of rotatable bonds is 3. The molecule has 0 aliphatic carbocycles. The molecule has 0 amide bonds. The second kappa shape index (κ2) is 3.56. The number of piperidine rings is 3. The monoisotopic (exact) mass is 184 g/mol. The van der Waals surface area contributed by atoms with E-state index in [2.05, 4.69) is 17.1 Å². The van der Waals surface area contributed by atoms with Gasteiger partial charge < -0.3 is 15.3 Å². The summed E-state index contributed by atoms with van der Waals surface area (Å²) in [5, 5.41) is 13.7. The Morgan fingerprint density at radius 3 is 2.62 bits per heavy atom. The number of fused-ring (bicyclic) bond motifs is 3. The van der Waals surface area contributed by atoms with E-state index in [0.717, 1.165) is 19.6 Å². The largest absolute Gasteiger partial charge is 0.387 e. The minimum Gasteiger partial charge on any atom is -0.387 e. The summed E-state index contributed by atoms with van der Waals surface area (Å²) in [6.07, 6.45) is 2.36. The Kier molecular flexibility index (Phi) is 2.58. The topological polar surface area (TPSA) is 35.5 Å². The molecule has 2 bridgehead atoms. The molecule has 1 atom stereocenters. The zero-order chi connectivity index (χ0) is 9.31. The molecular formula is C10H20N2O. The summed E-state index contributed by atoms with van der Waals surface area (Å²) in [7, 11) is 0. The minimum absolute atomic E-state index is 0.438. The van der Waals surface area contributed by atoms with Crippen LogP contribution in [0.5, 0.6) is 0 Å². The molecule has 3 aliphatic rings. The molecule has 0 aromatic heterocycles. The van der Waals surface area contributed by atoms with Crippen LogP contribution < -0.4 is 5.32 Å². The van der Waals surface area contributed by atoms with Crippen LogP contribution in [0.2, 0.25) is 0 Å². The molecule has 0 radical (unpaired) electrons. The Bertz CT molecular complexity index is 178. The lowest BCUT2D eigenvalue weighted by Gasteiger charge is -2.50. The Hall–Kier alpha value is -0.120. The van der Waals surface area contributed by atoms with Crippen LogP contribution in [0.25, 0.3) is 0 Å². The first-order chi connectivity index (χ1) is 6.24. The van der Waals surface area contributed by atoms with Crippen molar-refractivity contribution in [2.45, 2.75) is 25.4 Å². The van der Waals surface area contributed by atoms with Gasteiger partial charge in [0.25, 0.3) is 0 Å². The summed E-state index contributed by atoms with van der Waals surface area (Å²) in [6.45, 7) is 7.08. The Morgan fingerprint density at radius 1 is 1.46 bits per heavy atom. The fraction of sp³-hybridized carbons (Fsp3) is 1.00. The molecule has 3 heterocycles. The first-order valence-corrected chi connectivity index (χ1v) is 5.40. The van der Waals surface area contributed by atoms with E-state index in [4.69, 9.17) is 0 Å². The van der Waals surface area contributed by atoms with Crippen molar-refractivity contribution in [3.05, 3.63) is 0 Å². The summed E-state index contributed by atoms with van der Waals surface area (Å²) in [4.78, 5) is 2.39. The number of hydrogen-bond donors (Lipinski definition) is 2. The Balaban J connectivity index is 1.97. The molecule has 0 saturated carbocycles. The summed E-state index contributed by atoms with van der Waals surface area (Å²) >= 11 is 0. The highest BCUT2D eigenvalue weighted by Gasteiger charge is 2.44. The van der Waals surface area contributed by atoms with Gasteiger partial charge >= 0.3 is 0 Å². The molecular weight excluding hydrogens is 164 g/mol. The normalized spacial score (nSPS) is 43.8. The van der Waals surface area contributed by atoms with Gasteiger partial charge in [0.1, 0.15) is 0 Å². The number of likely N-dealkylation sites (N-methyl/N-ethyl adjacent to an activating group) is 1. The van der Waals surface area contributed by atoms with E-state index in [1.165, 1.54) is 25.9 Å². The minimum atomic E-state index is -0.438. The van der Waals surface area contributed by atoms with Gasteiger partial charge in [0, 0.05) is 13.1 Å². The highest BCUT2D eigenvalue weighted by Crippen LogP contribution is 2.34. The molecule has 0 aromatic carbocycles. The van der Waals surface area contributed by atoms with Crippen LogP contribution >= 0.6 is 0 Å². The number of hydrogen-bond acceptors (Lipinski definition) is 3. The third kappa shape index (κ3) is 1.73. The fourth-order valence-corrected chi connectivity index (χ4v) is 2.69. The van der Waals surface area contributed by atoms with Crippen LogP contribution in [0.3, 0.4) is 0 Å². The first-order valence-electron chi connectivity index (χ1n) is 5.40. The number of nitrogens with zero attached hydrogens (tertiary/aromatic N) is 1. The maximum atomic E-state index is 10.4. The molecule has 0 aromatic rings. The lowest BCUT2D eigenvalue weighted by molar-refractivity contribution is -0.109. The van der Waals surface area contributed by atoms with Gasteiger partial charge in [0.15, 0.2) is 0 Å². The average molecular weight is 184 g/mol. The molecule has 2 N–H and O–H groups in total. The van der Waals surface area contributed by atoms with Gasteiger partial charge in [-0.3, -0.25) is 0 Å². The number of nitrogens with one attached hydrogen (secondary N) is 1. The van der Waals surface area contributed by atoms with Crippen molar-refractivity contribution in [1.82, 2.24) is 10.2 Å². The molecule has 3 rings (SSSR count). The van der Waals surface area contributed by atoms with E-state index in [-0.39, 0.29) is 0 Å². The maximum Gasteiger partial charge on any atom is 0.0926 e. The maximum absolute atomic E-state index is 10.4. The Labute approximate surface area is 80.1 Å². The second-order valence-electron chi connectivity index (χ2n) is 4.43. The van der Waals surface area contributed by atoms with Crippen LogP contribution in [0.1, 0.15) is 19.8 Å². The van der Waals surface area contributed by atoms with Crippen molar-refractivity contribution in [3.63, 3.8) is 0 Å². The number of aliphatic hydroxyl groups is 1. The van der Waals surface area contributed by atoms with Crippen LogP contribution in [-0.4, -0.2) is 48.3 Å². The fourth-order valence-electron chi connectivity index (χ4n) is 2.69. The molecule has 1 unspecified atom stereocenters. The second-order valence-corrected chi connectivity index (χ2v) is 4.43. The zero-order valence-electron chi connectivity index (χ0n) is 8.42. The average Bonchev–Trinajstić information content (AvgIpc) is 2.16.